The Labute approximate surface area is 113 Å². The fraction of sp³-hybridized carbons (Fsp3) is 0.727. The van der Waals surface area contributed by atoms with Crippen molar-refractivity contribution in [1.29, 1.82) is 0 Å². The molecule has 0 atom stereocenters. The zero-order chi connectivity index (χ0) is 13.6. The van der Waals surface area contributed by atoms with Gasteiger partial charge in [0.05, 0.1) is 5.75 Å². The number of piperazine rings is 1. The highest BCUT2D eigenvalue weighted by molar-refractivity contribution is 7.89. The fourth-order valence-electron chi connectivity index (χ4n) is 2.02. The molecule has 3 N–H and O–H groups in total. The molecule has 2 rings (SSSR count). The largest absolute Gasteiger partial charge is 0.349 e. The van der Waals surface area contributed by atoms with Gasteiger partial charge in [-0.2, -0.15) is 0 Å². The highest BCUT2D eigenvalue weighted by Crippen LogP contribution is 1.95. The number of rotatable bonds is 7. The zero-order valence-electron chi connectivity index (χ0n) is 10.9. The Balaban J connectivity index is 1.66. The molecule has 1 aromatic rings. The van der Waals surface area contributed by atoms with Gasteiger partial charge in [0.15, 0.2) is 0 Å². The number of hydrogen-bond donors (Lipinski definition) is 3. The van der Waals surface area contributed by atoms with Crippen LogP contribution in [-0.2, 0) is 16.4 Å². The summed E-state index contributed by atoms with van der Waals surface area (Å²) in [6, 6.07) is 0. The number of aromatic nitrogens is 2. The maximum atomic E-state index is 11.8. The lowest BCUT2D eigenvalue weighted by Gasteiger charge is -2.26. The molecule has 0 spiro atoms. The number of imidazole rings is 1. The summed E-state index contributed by atoms with van der Waals surface area (Å²) in [6.07, 6.45) is 3.97. The second kappa shape index (κ2) is 6.99. The molecular formula is C11H21N5O2S. The molecule has 2 heterocycles. The molecule has 108 valence electrons. The summed E-state index contributed by atoms with van der Waals surface area (Å²) in [7, 11) is -3.19. The van der Waals surface area contributed by atoms with E-state index < -0.39 is 10.0 Å². The van der Waals surface area contributed by atoms with Crippen LogP contribution in [0.15, 0.2) is 12.4 Å². The number of nitrogens with zero attached hydrogens (tertiary/aromatic N) is 2. The van der Waals surface area contributed by atoms with Crippen LogP contribution in [-0.4, -0.2) is 68.3 Å². The van der Waals surface area contributed by atoms with E-state index in [-0.39, 0.29) is 5.75 Å². The number of nitrogens with one attached hydrogen (secondary N) is 3. The van der Waals surface area contributed by atoms with Gasteiger partial charge in [-0.05, 0) is 0 Å². The van der Waals surface area contributed by atoms with Gasteiger partial charge in [0.2, 0.25) is 10.0 Å². The highest BCUT2D eigenvalue weighted by Gasteiger charge is 2.15. The molecule has 0 saturated carbocycles. The normalized spacial score (nSPS) is 17.7. The third-order valence-electron chi connectivity index (χ3n) is 3.12. The molecule has 0 aromatic carbocycles. The van der Waals surface area contributed by atoms with Crippen LogP contribution < -0.4 is 10.0 Å². The summed E-state index contributed by atoms with van der Waals surface area (Å²) in [5, 5.41) is 3.24. The van der Waals surface area contributed by atoms with E-state index in [2.05, 4.69) is 24.9 Å². The lowest BCUT2D eigenvalue weighted by atomic mass is 10.4. The first-order valence-electron chi connectivity index (χ1n) is 6.54. The van der Waals surface area contributed by atoms with Crippen molar-refractivity contribution >= 4 is 10.0 Å². The second-order valence-corrected chi connectivity index (χ2v) is 6.52. The van der Waals surface area contributed by atoms with Crippen LogP contribution in [0.2, 0.25) is 0 Å². The van der Waals surface area contributed by atoms with Gasteiger partial charge in [-0.3, -0.25) is 4.90 Å². The monoisotopic (exact) mass is 287 g/mol. The molecule has 0 amide bonds. The Kier molecular flexibility index (Phi) is 5.32. The smallest absolute Gasteiger partial charge is 0.212 e. The van der Waals surface area contributed by atoms with E-state index in [1.54, 1.807) is 12.4 Å². The van der Waals surface area contributed by atoms with Gasteiger partial charge in [0.1, 0.15) is 5.82 Å². The van der Waals surface area contributed by atoms with Crippen molar-refractivity contribution in [1.82, 2.24) is 24.9 Å². The Bertz CT molecular complexity index is 453. The van der Waals surface area contributed by atoms with Crippen molar-refractivity contribution in [3.05, 3.63) is 18.2 Å². The fourth-order valence-corrected chi connectivity index (χ4v) is 3.07. The van der Waals surface area contributed by atoms with Gasteiger partial charge in [0, 0.05) is 58.1 Å². The number of hydrogen-bond acceptors (Lipinski definition) is 5. The van der Waals surface area contributed by atoms with Gasteiger partial charge < -0.3 is 10.3 Å². The van der Waals surface area contributed by atoms with Crippen LogP contribution in [0.25, 0.3) is 0 Å². The van der Waals surface area contributed by atoms with Crippen LogP contribution >= 0.6 is 0 Å². The minimum Gasteiger partial charge on any atom is -0.349 e. The third kappa shape index (κ3) is 5.27. The molecule has 1 aromatic heterocycles. The van der Waals surface area contributed by atoms with Gasteiger partial charge in [-0.25, -0.2) is 18.1 Å². The molecule has 8 heteroatoms. The Morgan fingerprint density at radius 1 is 1.37 bits per heavy atom. The van der Waals surface area contributed by atoms with Crippen LogP contribution in [0.4, 0.5) is 0 Å². The molecular weight excluding hydrogens is 266 g/mol. The molecule has 7 nitrogen and oxygen atoms in total. The standard InChI is InChI=1S/C11H21N5O2S/c17-19(18,10-9-16-7-5-12-6-8-16)15-2-1-11-13-3-4-14-11/h3-4,12,15H,1-2,5-10H2,(H,13,14). The predicted octanol–water partition coefficient (Wildman–Crippen LogP) is -1.22. The van der Waals surface area contributed by atoms with Crippen LogP contribution in [0.5, 0.6) is 0 Å². The van der Waals surface area contributed by atoms with E-state index in [1.165, 1.54) is 0 Å². The summed E-state index contributed by atoms with van der Waals surface area (Å²) in [5.41, 5.74) is 0. The summed E-state index contributed by atoms with van der Waals surface area (Å²) in [6.45, 7) is 4.69. The van der Waals surface area contributed by atoms with Gasteiger partial charge in [0.25, 0.3) is 0 Å². The van der Waals surface area contributed by atoms with E-state index in [4.69, 9.17) is 0 Å². The minimum absolute atomic E-state index is 0.158. The number of H-pyrrole nitrogens is 1. The third-order valence-corrected chi connectivity index (χ3v) is 4.49. The van der Waals surface area contributed by atoms with Crippen molar-refractivity contribution in [2.75, 3.05) is 45.0 Å². The summed E-state index contributed by atoms with van der Waals surface area (Å²) >= 11 is 0. The molecule has 0 unspecified atom stereocenters. The predicted molar refractivity (Wildman–Crippen MR) is 73.4 cm³/mol. The molecule has 0 bridgehead atoms. The molecule has 1 fully saturated rings. The summed E-state index contributed by atoms with van der Waals surface area (Å²) < 4.78 is 26.2. The Morgan fingerprint density at radius 3 is 2.84 bits per heavy atom. The number of aromatic amines is 1. The van der Waals surface area contributed by atoms with Crippen molar-refractivity contribution < 1.29 is 8.42 Å². The highest BCUT2D eigenvalue weighted by atomic mass is 32.2. The maximum absolute atomic E-state index is 11.8. The molecule has 19 heavy (non-hydrogen) atoms. The van der Waals surface area contributed by atoms with Gasteiger partial charge >= 0.3 is 0 Å². The quantitative estimate of drug-likeness (QED) is 0.585. The van der Waals surface area contributed by atoms with Gasteiger partial charge in [-0.15, -0.1) is 0 Å². The molecule has 1 saturated heterocycles. The van der Waals surface area contributed by atoms with E-state index >= 15 is 0 Å². The first-order valence-corrected chi connectivity index (χ1v) is 8.20. The molecule has 0 radical (unpaired) electrons. The Hall–Kier alpha value is -0.960. The molecule has 0 aliphatic carbocycles. The average molecular weight is 287 g/mol. The number of sulfonamides is 1. The van der Waals surface area contributed by atoms with Crippen LogP contribution in [0.3, 0.4) is 0 Å². The van der Waals surface area contributed by atoms with E-state index in [9.17, 15) is 8.42 Å². The van der Waals surface area contributed by atoms with Crippen LogP contribution in [0, 0.1) is 0 Å². The summed E-state index contributed by atoms with van der Waals surface area (Å²) in [4.78, 5) is 9.16. The molecule has 1 aliphatic heterocycles. The minimum atomic E-state index is -3.19. The lowest BCUT2D eigenvalue weighted by Crippen LogP contribution is -2.46. The zero-order valence-corrected chi connectivity index (χ0v) is 11.7. The average Bonchev–Trinajstić information content (AvgIpc) is 2.91. The first kappa shape index (κ1) is 14.4. The lowest BCUT2D eigenvalue weighted by molar-refractivity contribution is 0.253. The summed E-state index contributed by atoms with van der Waals surface area (Å²) in [5.74, 6) is 0.954. The van der Waals surface area contributed by atoms with E-state index in [1.807, 2.05) is 0 Å². The van der Waals surface area contributed by atoms with Crippen molar-refractivity contribution in [2.24, 2.45) is 0 Å². The van der Waals surface area contributed by atoms with Crippen LogP contribution in [0.1, 0.15) is 5.82 Å². The van der Waals surface area contributed by atoms with E-state index in [0.29, 0.717) is 19.5 Å². The van der Waals surface area contributed by atoms with Crippen molar-refractivity contribution in [3.63, 3.8) is 0 Å². The maximum Gasteiger partial charge on any atom is 0.212 e. The van der Waals surface area contributed by atoms with Gasteiger partial charge in [-0.1, -0.05) is 0 Å². The first-order chi connectivity index (χ1) is 9.16. The SMILES string of the molecule is O=S(=O)(CCN1CCNCC1)NCCc1ncc[nH]1. The molecule has 1 aliphatic rings. The van der Waals surface area contributed by atoms with Crippen molar-refractivity contribution in [2.45, 2.75) is 6.42 Å². The van der Waals surface area contributed by atoms with E-state index in [0.717, 1.165) is 32.0 Å². The topological polar surface area (TPSA) is 90.1 Å². The second-order valence-electron chi connectivity index (χ2n) is 4.59. The Morgan fingerprint density at radius 2 is 2.16 bits per heavy atom. The van der Waals surface area contributed by atoms with Crippen molar-refractivity contribution in [3.8, 4) is 0 Å².